The monoisotopic (exact) mass is 236 g/mol. The average molecular weight is 236 g/mol. The minimum Gasteiger partial charge on any atom is -0.495 e. The maximum absolute atomic E-state index is 11.9. The van der Waals surface area contributed by atoms with Gasteiger partial charge in [-0.2, -0.15) is 5.26 Å². The molecule has 5 heteroatoms. The van der Waals surface area contributed by atoms with E-state index in [0.717, 1.165) is 12.8 Å². The van der Waals surface area contributed by atoms with Crippen LogP contribution in [0.4, 0.5) is 0 Å². The molecule has 1 fully saturated rings. The van der Waals surface area contributed by atoms with Gasteiger partial charge in [0, 0.05) is 0 Å². The summed E-state index contributed by atoms with van der Waals surface area (Å²) < 4.78 is 5.06. The van der Waals surface area contributed by atoms with E-state index in [2.05, 4.69) is 11.4 Å². The lowest BCUT2D eigenvalue weighted by Crippen LogP contribution is -2.34. The van der Waals surface area contributed by atoms with Crippen LogP contribution in [0.25, 0.3) is 0 Å². The van der Waals surface area contributed by atoms with Crippen molar-refractivity contribution in [1.82, 2.24) is 5.32 Å². The molecule has 0 saturated heterocycles. The summed E-state index contributed by atoms with van der Waals surface area (Å²) in [6, 6.07) is 3.51. The molecule has 4 nitrogen and oxygen atoms in total. The van der Waals surface area contributed by atoms with Gasteiger partial charge in [0.05, 0.1) is 13.2 Å². The predicted octanol–water partition coefficient (Wildman–Crippen LogP) is 1.79. The number of rotatable bonds is 4. The number of thiophene rings is 1. The van der Waals surface area contributed by atoms with Gasteiger partial charge in [0.1, 0.15) is 16.7 Å². The molecule has 84 valence electrons. The van der Waals surface area contributed by atoms with Crippen LogP contribution >= 0.6 is 11.3 Å². The van der Waals surface area contributed by atoms with Gasteiger partial charge in [-0.15, -0.1) is 11.3 Å². The first kappa shape index (κ1) is 11.0. The topological polar surface area (TPSA) is 62.1 Å². The van der Waals surface area contributed by atoms with E-state index in [-0.39, 0.29) is 11.9 Å². The van der Waals surface area contributed by atoms with Gasteiger partial charge in [-0.3, -0.25) is 4.79 Å². The number of carbonyl (C=O) groups is 1. The molecule has 1 aromatic rings. The molecule has 0 spiro atoms. The molecule has 1 heterocycles. The Labute approximate surface area is 97.8 Å². The second-order valence-electron chi connectivity index (χ2n) is 3.74. The highest BCUT2D eigenvalue weighted by Crippen LogP contribution is 2.33. The molecule has 1 aliphatic carbocycles. The van der Waals surface area contributed by atoms with Gasteiger partial charge < -0.3 is 10.1 Å². The van der Waals surface area contributed by atoms with E-state index in [9.17, 15) is 4.79 Å². The average Bonchev–Trinajstić information content (AvgIpc) is 3.02. The summed E-state index contributed by atoms with van der Waals surface area (Å²) in [5, 5.41) is 13.5. The molecule has 0 radical (unpaired) electrons. The maximum atomic E-state index is 11.9. The van der Waals surface area contributed by atoms with Crippen molar-refractivity contribution < 1.29 is 9.53 Å². The predicted molar refractivity (Wildman–Crippen MR) is 60.5 cm³/mol. The lowest BCUT2D eigenvalue weighted by molar-refractivity contribution is 0.0943. The Balaban J connectivity index is 2.05. The number of hydrogen-bond donors (Lipinski definition) is 1. The summed E-state index contributed by atoms with van der Waals surface area (Å²) >= 11 is 1.32. The van der Waals surface area contributed by atoms with E-state index >= 15 is 0 Å². The first-order chi connectivity index (χ1) is 7.76. The smallest absolute Gasteiger partial charge is 0.266 e. The number of ether oxygens (including phenoxy) is 1. The first-order valence-electron chi connectivity index (χ1n) is 5.08. The normalized spacial score (nSPS) is 16.2. The third-order valence-corrected chi connectivity index (χ3v) is 3.47. The van der Waals surface area contributed by atoms with Crippen molar-refractivity contribution >= 4 is 17.2 Å². The number of methoxy groups -OCH3 is 1. The zero-order chi connectivity index (χ0) is 11.5. The molecule has 16 heavy (non-hydrogen) atoms. The van der Waals surface area contributed by atoms with E-state index < -0.39 is 0 Å². The lowest BCUT2D eigenvalue weighted by Gasteiger charge is -2.09. The number of hydrogen-bond acceptors (Lipinski definition) is 4. The van der Waals surface area contributed by atoms with Crippen LogP contribution in [0, 0.1) is 17.2 Å². The van der Waals surface area contributed by atoms with Gasteiger partial charge >= 0.3 is 0 Å². The van der Waals surface area contributed by atoms with Crippen molar-refractivity contribution in [3.05, 3.63) is 16.3 Å². The van der Waals surface area contributed by atoms with E-state index in [1.54, 1.807) is 11.4 Å². The molecule has 0 bridgehead atoms. The van der Waals surface area contributed by atoms with Crippen molar-refractivity contribution in [3.8, 4) is 11.8 Å². The summed E-state index contributed by atoms with van der Waals surface area (Å²) in [7, 11) is 1.53. The molecular weight excluding hydrogens is 224 g/mol. The zero-order valence-electron chi connectivity index (χ0n) is 8.90. The SMILES string of the molecule is COc1ccsc1C(=O)NC(C#N)C1CC1. The number of amides is 1. The fraction of sp³-hybridized carbons (Fsp3) is 0.455. The maximum Gasteiger partial charge on any atom is 0.266 e. The summed E-state index contributed by atoms with van der Waals surface area (Å²) in [4.78, 5) is 12.4. The van der Waals surface area contributed by atoms with Crippen LogP contribution in [-0.4, -0.2) is 19.1 Å². The summed E-state index contributed by atoms with van der Waals surface area (Å²) in [6.45, 7) is 0. The van der Waals surface area contributed by atoms with Crippen LogP contribution in [0.3, 0.4) is 0 Å². The van der Waals surface area contributed by atoms with Gasteiger partial charge in [0.15, 0.2) is 0 Å². The third-order valence-electron chi connectivity index (χ3n) is 2.57. The van der Waals surface area contributed by atoms with Crippen LogP contribution < -0.4 is 10.1 Å². The summed E-state index contributed by atoms with van der Waals surface area (Å²) in [6.07, 6.45) is 2.06. The van der Waals surface area contributed by atoms with Crippen LogP contribution in [0.1, 0.15) is 22.5 Å². The van der Waals surface area contributed by atoms with E-state index in [1.165, 1.54) is 18.4 Å². The minimum absolute atomic E-state index is 0.217. The minimum atomic E-state index is -0.362. The molecule has 1 N–H and O–H groups in total. The Morgan fingerprint density at radius 1 is 1.75 bits per heavy atom. The van der Waals surface area contributed by atoms with Crippen LogP contribution in [-0.2, 0) is 0 Å². The highest BCUT2D eigenvalue weighted by atomic mass is 32.1. The molecule has 2 rings (SSSR count). The van der Waals surface area contributed by atoms with Crippen molar-refractivity contribution in [2.24, 2.45) is 5.92 Å². The van der Waals surface area contributed by atoms with Crippen LogP contribution in [0.2, 0.25) is 0 Å². The molecular formula is C11H12N2O2S. The molecule has 1 aliphatic rings. The van der Waals surface area contributed by atoms with E-state index in [0.29, 0.717) is 16.5 Å². The molecule has 0 aromatic carbocycles. The molecule has 1 unspecified atom stereocenters. The van der Waals surface area contributed by atoms with Crippen LogP contribution in [0.5, 0.6) is 5.75 Å². The largest absolute Gasteiger partial charge is 0.495 e. The molecule has 1 amide bonds. The highest BCUT2D eigenvalue weighted by molar-refractivity contribution is 7.12. The van der Waals surface area contributed by atoms with Gasteiger partial charge in [0.25, 0.3) is 5.91 Å². The van der Waals surface area contributed by atoms with Gasteiger partial charge in [-0.05, 0) is 30.2 Å². The lowest BCUT2D eigenvalue weighted by atomic mass is 10.2. The molecule has 1 atom stereocenters. The van der Waals surface area contributed by atoms with Crippen molar-refractivity contribution in [1.29, 1.82) is 5.26 Å². The Bertz CT molecular complexity index is 431. The van der Waals surface area contributed by atoms with E-state index in [4.69, 9.17) is 10.00 Å². The summed E-state index contributed by atoms with van der Waals surface area (Å²) in [5.41, 5.74) is 0. The number of nitriles is 1. The molecule has 1 saturated carbocycles. The standard InChI is InChI=1S/C11H12N2O2S/c1-15-9-4-5-16-10(9)11(14)13-8(6-12)7-2-3-7/h4-5,7-8H,2-3H2,1H3,(H,13,14). The third kappa shape index (κ3) is 2.17. The number of nitrogens with zero attached hydrogens (tertiary/aromatic N) is 1. The fourth-order valence-corrected chi connectivity index (χ4v) is 2.28. The Kier molecular flexibility index (Phi) is 3.11. The van der Waals surface area contributed by atoms with E-state index in [1.807, 2.05) is 0 Å². The fourth-order valence-electron chi connectivity index (χ4n) is 1.52. The first-order valence-corrected chi connectivity index (χ1v) is 5.96. The van der Waals surface area contributed by atoms with Gasteiger partial charge in [-0.1, -0.05) is 0 Å². The van der Waals surface area contributed by atoms with Crippen molar-refractivity contribution in [2.45, 2.75) is 18.9 Å². The highest BCUT2D eigenvalue weighted by Gasteiger charge is 2.33. The Morgan fingerprint density at radius 2 is 2.50 bits per heavy atom. The van der Waals surface area contributed by atoms with Gasteiger partial charge in [-0.25, -0.2) is 0 Å². The van der Waals surface area contributed by atoms with Gasteiger partial charge in [0.2, 0.25) is 0 Å². The van der Waals surface area contributed by atoms with Crippen LogP contribution in [0.15, 0.2) is 11.4 Å². The Morgan fingerprint density at radius 3 is 3.06 bits per heavy atom. The Hall–Kier alpha value is -1.54. The summed E-state index contributed by atoms with van der Waals surface area (Å²) in [5.74, 6) is 0.681. The number of nitrogens with one attached hydrogen (secondary N) is 1. The quantitative estimate of drug-likeness (QED) is 0.866. The second-order valence-corrected chi connectivity index (χ2v) is 4.65. The second kappa shape index (κ2) is 4.54. The number of carbonyl (C=O) groups excluding carboxylic acids is 1. The molecule has 1 aromatic heterocycles. The van der Waals surface area contributed by atoms with Crippen molar-refractivity contribution in [2.75, 3.05) is 7.11 Å². The van der Waals surface area contributed by atoms with Crippen molar-refractivity contribution in [3.63, 3.8) is 0 Å². The molecule has 0 aliphatic heterocycles. The zero-order valence-corrected chi connectivity index (χ0v) is 9.71.